The second kappa shape index (κ2) is 10.3. The van der Waals surface area contributed by atoms with E-state index < -0.39 is 11.9 Å². The van der Waals surface area contributed by atoms with Crippen LogP contribution in [-0.4, -0.2) is 40.7 Å². The fraction of sp³-hybridized carbons (Fsp3) is 0.300. The highest BCUT2D eigenvalue weighted by atomic mass is 35.5. The zero-order valence-electron chi connectivity index (χ0n) is 16.5. The Bertz CT molecular complexity index is 1060. The molecule has 0 spiro atoms. The van der Waals surface area contributed by atoms with Crippen LogP contribution in [0, 0.1) is 5.82 Å². The molecule has 166 valence electrons. The number of rotatable bonds is 8. The molecular formula is C20H19Cl3FN3O3S. The van der Waals surface area contributed by atoms with Crippen LogP contribution in [0.1, 0.15) is 13.8 Å². The first-order chi connectivity index (χ1) is 14.7. The highest BCUT2D eigenvalue weighted by molar-refractivity contribution is 7.18. The summed E-state index contributed by atoms with van der Waals surface area (Å²) in [7, 11) is 0. The second-order valence-electron chi connectivity index (χ2n) is 6.86. The zero-order valence-corrected chi connectivity index (χ0v) is 19.6. The molecule has 3 N–H and O–H groups in total. The molecule has 0 unspecified atom stereocenters. The third-order valence-corrected chi connectivity index (χ3v) is 5.84. The third kappa shape index (κ3) is 5.77. The minimum absolute atomic E-state index is 0.0515. The number of hydrogen-bond donors (Lipinski definition) is 2. The second-order valence-corrected chi connectivity index (χ2v) is 9.06. The highest BCUT2D eigenvalue weighted by Gasteiger charge is 2.18. The molecule has 0 aliphatic rings. The lowest BCUT2D eigenvalue weighted by Gasteiger charge is -2.13. The van der Waals surface area contributed by atoms with E-state index in [4.69, 9.17) is 55.1 Å². The smallest absolute Gasteiger partial charge is 0.165 e. The predicted molar refractivity (Wildman–Crippen MR) is 122 cm³/mol. The molecule has 2 aromatic carbocycles. The van der Waals surface area contributed by atoms with E-state index in [-0.39, 0.29) is 30.1 Å². The van der Waals surface area contributed by atoms with Crippen molar-refractivity contribution in [3.8, 4) is 32.6 Å². The van der Waals surface area contributed by atoms with Crippen LogP contribution in [0.5, 0.6) is 11.5 Å². The molecule has 0 saturated carbocycles. The van der Waals surface area contributed by atoms with Gasteiger partial charge in [0, 0.05) is 17.2 Å². The predicted octanol–water partition coefficient (Wildman–Crippen LogP) is 5.46. The first-order valence-electron chi connectivity index (χ1n) is 9.17. The number of aromatic nitrogens is 2. The largest absolute Gasteiger partial charge is 0.489 e. The number of nitrogens with zero attached hydrogens (tertiary/aromatic N) is 2. The van der Waals surface area contributed by atoms with Crippen molar-refractivity contribution in [1.29, 1.82) is 0 Å². The molecular weight excluding hydrogens is 488 g/mol. The van der Waals surface area contributed by atoms with Gasteiger partial charge in [0.25, 0.3) is 0 Å². The van der Waals surface area contributed by atoms with Gasteiger partial charge in [-0.05, 0) is 32.0 Å². The van der Waals surface area contributed by atoms with Gasteiger partial charge < -0.3 is 20.3 Å². The minimum Gasteiger partial charge on any atom is -0.489 e. The Kier molecular flexibility index (Phi) is 7.96. The van der Waals surface area contributed by atoms with E-state index >= 15 is 0 Å². The number of nitrogens with two attached hydrogens (primary N) is 1. The molecule has 0 fully saturated rings. The minimum atomic E-state index is -0.637. The van der Waals surface area contributed by atoms with Crippen molar-refractivity contribution in [3.05, 3.63) is 45.2 Å². The topological polar surface area (TPSA) is 90.5 Å². The summed E-state index contributed by atoms with van der Waals surface area (Å²) in [5.41, 5.74) is 6.57. The van der Waals surface area contributed by atoms with Gasteiger partial charge in [0.2, 0.25) is 0 Å². The summed E-state index contributed by atoms with van der Waals surface area (Å²) >= 11 is 20.1. The van der Waals surface area contributed by atoms with Gasteiger partial charge in [-0.2, -0.15) is 0 Å². The van der Waals surface area contributed by atoms with Crippen LogP contribution in [0.2, 0.25) is 15.1 Å². The SMILES string of the molecule is CC(C)Oc1c(Cl)cc(-c2nnc(-c3cc(F)c(OC[C@H](N)CO)cc3Cl)s2)cc1Cl. The van der Waals surface area contributed by atoms with Gasteiger partial charge in [0.1, 0.15) is 16.6 Å². The van der Waals surface area contributed by atoms with Crippen molar-refractivity contribution in [2.24, 2.45) is 5.73 Å². The van der Waals surface area contributed by atoms with Gasteiger partial charge >= 0.3 is 0 Å². The fourth-order valence-electron chi connectivity index (χ4n) is 2.53. The summed E-state index contributed by atoms with van der Waals surface area (Å²) in [6.07, 6.45) is -0.0858. The number of halogens is 4. The molecule has 0 aliphatic carbocycles. The van der Waals surface area contributed by atoms with Crippen LogP contribution in [-0.2, 0) is 0 Å². The van der Waals surface area contributed by atoms with Crippen molar-refractivity contribution < 1.29 is 19.0 Å². The monoisotopic (exact) mass is 505 g/mol. The normalized spacial score (nSPS) is 12.3. The van der Waals surface area contributed by atoms with Crippen molar-refractivity contribution in [3.63, 3.8) is 0 Å². The Morgan fingerprint density at radius 3 is 2.32 bits per heavy atom. The van der Waals surface area contributed by atoms with Gasteiger partial charge in [0.15, 0.2) is 17.3 Å². The highest BCUT2D eigenvalue weighted by Crippen LogP contribution is 2.41. The van der Waals surface area contributed by atoms with Crippen LogP contribution in [0.3, 0.4) is 0 Å². The van der Waals surface area contributed by atoms with Crippen molar-refractivity contribution >= 4 is 46.1 Å². The summed E-state index contributed by atoms with van der Waals surface area (Å²) in [6, 6.07) is 5.28. The molecule has 31 heavy (non-hydrogen) atoms. The molecule has 3 rings (SSSR count). The molecule has 1 heterocycles. The van der Waals surface area contributed by atoms with E-state index in [1.165, 1.54) is 23.5 Å². The van der Waals surface area contributed by atoms with Gasteiger partial charge in [-0.15, -0.1) is 10.2 Å². The van der Waals surface area contributed by atoms with Crippen LogP contribution in [0.15, 0.2) is 24.3 Å². The van der Waals surface area contributed by atoms with Crippen molar-refractivity contribution in [1.82, 2.24) is 10.2 Å². The maximum Gasteiger partial charge on any atom is 0.165 e. The number of benzene rings is 2. The van der Waals surface area contributed by atoms with Gasteiger partial charge in [0.05, 0.1) is 33.8 Å². The first kappa shape index (κ1) is 24.0. The Hall–Kier alpha value is -1.68. The Labute approximate surface area is 197 Å². The lowest BCUT2D eigenvalue weighted by molar-refractivity contribution is 0.202. The number of aliphatic hydroxyl groups is 1. The summed E-state index contributed by atoms with van der Waals surface area (Å²) in [4.78, 5) is 0. The molecule has 0 bridgehead atoms. The maximum atomic E-state index is 14.5. The summed E-state index contributed by atoms with van der Waals surface area (Å²) in [5, 5.41) is 19.1. The van der Waals surface area contributed by atoms with Crippen LogP contribution < -0.4 is 15.2 Å². The van der Waals surface area contributed by atoms with E-state index in [0.717, 1.165) is 0 Å². The van der Waals surface area contributed by atoms with Crippen molar-refractivity contribution in [2.75, 3.05) is 13.2 Å². The van der Waals surface area contributed by atoms with E-state index in [2.05, 4.69) is 10.2 Å². The van der Waals surface area contributed by atoms with Crippen LogP contribution >= 0.6 is 46.1 Å². The summed E-state index contributed by atoms with van der Waals surface area (Å²) in [5.74, 6) is -0.308. The average Bonchev–Trinajstić information content (AvgIpc) is 3.20. The molecule has 0 amide bonds. The maximum absolute atomic E-state index is 14.5. The molecule has 11 heteroatoms. The number of aliphatic hydroxyl groups excluding tert-OH is 1. The number of ether oxygens (including phenoxy) is 2. The molecule has 6 nitrogen and oxygen atoms in total. The molecule has 3 aromatic rings. The van der Waals surface area contributed by atoms with Gasteiger partial charge in [-0.3, -0.25) is 0 Å². The molecule has 0 radical (unpaired) electrons. The van der Waals surface area contributed by atoms with Crippen LogP contribution in [0.4, 0.5) is 4.39 Å². The van der Waals surface area contributed by atoms with E-state index in [1.54, 1.807) is 12.1 Å². The van der Waals surface area contributed by atoms with E-state index in [9.17, 15) is 4.39 Å². The average molecular weight is 507 g/mol. The summed E-state index contributed by atoms with van der Waals surface area (Å²) in [6.45, 7) is 3.42. The molecule has 1 atom stereocenters. The lowest BCUT2D eigenvalue weighted by atomic mass is 10.2. The standard InChI is InChI=1S/C20H19Cl3FN3O3S/c1-9(2)30-18-14(22)3-10(4-15(18)23)19-26-27-20(31-19)12-5-16(24)17(6-13(12)21)29-8-11(25)7-28/h3-6,9,11,28H,7-8,25H2,1-2H3/t11-/m1/s1. The van der Waals surface area contributed by atoms with E-state index in [0.29, 0.717) is 36.9 Å². The summed E-state index contributed by atoms with van der Waals surface area (Å²) < 4.78 is 25.4. The molecule has 0 aliphatic heterocycles. The quantitative estimate of drug-likeness (QED) is 0.422. The van der Waals surface area contributed by atoms with E-state index in [1.807, 2.05) is 13.8 Å². The fourth-order valence-corrected chi connectivity index (χ4v) is 4.27. The third-order valence-electron chi connectivity index (χ3n) is 3.96. The van der Waals surface area contributed by atoms with Crippen molar-refractivity contribution in [2.45, 2.75) is 26.0 Å². The zero-order chi connectivity index (χ0) is 22.7. The van der Waals surface area contributed by atoms with Gasteiger partial charge in [-0.1, -0.05) is 46.1 Å². The Balaban J connectivity index is 1.88. The molecule has 1 aromatic heterocycles. The Morgan fingerprint density at radius 1 is 1.06 bits per heavy atom. The molecule has 0 saturated heterocycles. The van der Waals surface area contributed by atoms with Crippen LogP contribution in [0.25, 0.3) is 21.1 Å². The Morgan fingerprint density at radius 2 is 1.71 bits per heavy atom. The first-order valence-corrected chi connectivity index (χ1v) is 11.1. The lowest BCUT2D eigenvalue weighted by Crippen LogP contribution is -2.31. The number of hydrogen-bond acceptors (Lipinski definition) is 7. The van der Waals surface area contributed by atoms with Gasteiger partial charge in [-0.25, -0.2) is 4.39 Å².